The van der Waals surface area contributed by atoms with Crippen LogP contribution in [0.3, 0.4) is 0 Å². The number of nitrogen functional groups attached to an aromatic ring is 1. The number of piperazine rings is 1. The lowest BCUT2D eigenvalue weighted by atomic mass is 9.96. The fourth-order valence-electron chi connectivity index (χ4n) is 7.51. The minimum Gasteiger partial charge on any atom is -0.476 e. The first-order chi connectivity index (χ1) is 21.8. The molecule has 3 fully saturated rings. The van der Waals surface area contributed by atoms with E-state index in [9.17, 15) is 14.4 Å². The second-order valence-electron chi connectivity index (χ2n) is 12.9. The Balaban J connectivity index is 0.905. The van der Waals surface area contributed by atoms with Crippen LogP contribution in [0.4, 0.5) is 17.1 Å². The van der Waals surface area contributed by atoms with Crippen LogP contribution in [0.25, 0.3) is 0 Å². The van der Waals surface area contributed by atoms with Crippen LogP contribution >= 0.6 is 0 Å². The molecule has 0 spiro atoms. The summed E-state index contributed by atoms with van der Waals surface area (Å²) in [4.78, 5) is 50.0. The number of aromatic carboxylic acids is 1. The minimum atomic E-state index is -1.10. The topological polar surface area (TPSA) is 136 Å². The number of aromatic nitrogens is 1. The van der Waals surface area contributed by atoms with Crippen molar-refractivity contribution in [2.45, 2.75) is 38.5 Å². The number of carboxylic acid groups (broad SMARTS) is 1. The van der Waals surface area contributed by atoms with E-state index in [1.165, 1.54) is 17.5 Å². The van der Waals surface area contributed by atoms with Gasteiger partial charge in [0.05, 0.1) is 11.4 Å². The highest BCUT2D eigenvalue weighted by Crippen LogP contribution is 2.53. The average Bonchev–Trinajstić information content (AvgIpc) is 3.50. The molecule has 236 valence electrons. The van der Waals surface area contributed by atoms with Gasteiger partial charge < -0.3 is 34.9 Å². The van der Waals surface area contributed by atoms with Crippen molar-refractivity contribution in [1.29, 1.82) is 0 Å². The Hall–Kier alpha value is -4.54. The Morgan fingerprint density at radius 2 is 1.76 bits per heavy atom. The maximum atomic E-state index is 13.5. The average molecular weight is 613 g/mol. The highest BCUT2D eigenvalue weighted by Gasteiger charge is 2.50. The van der Waals surface area contributed by atoms with Gasteiger partial charge in [-0.3, -0.25) is 9.59 Å². The lowest BCUT2D eigenvalue weighted by molar-refractivity contribution is -0.127. The van der Waals surface area contributed by atoms with Crippen molar-refractivity contribution in [2.75, 3.05) is 67.9 Å². The lowest BCUT2D eigenvalue weighted by Gasteiger charge is -2.39. The van der Waals surface area contributed by atoms with E-state index in [0.29, 0.717) is 56.2 Å². The van der Waals surface area contributed by atoms with Crippen molar-refractivity contribution in [3.05, 3.63) is 70.9 Å². The Kier molecular flexibility index (Phi) is 7.63. The van der Waals surface area contributed by atoms with Crippen molar-refractivity contribution in [1.82, 2.24) is 14.8 Å². The normalized spacial score (nSPS) is 23.1. The number of oxazole rings is 1. The first kappa shape index (κ1) is 29.2. The fraction of sp³-hybridized carbons (Fsp3) is 0.471. The monoisotopic (exact) mass is 612 g/mol. The van der Waals surface area contributed by atoms with E-state index >= 15 is 0 Å². The van der Waals surface area contributed by atoms with E-state index in [4.69, 9.17) is 15.3 Å². The van der Waals surface area contributed by atoms with Crippen molar-refractivity contribution in [2.24, 2.45) is 11.8 Å². The van der Waals surface area contributed by atoms with E-state index < -0.39 is 5.97 Å². The maximum Gasteiger partial charge on any atom is 0.357 e. The van der Waals surface area contributed by atoms with Crippen LogP contribution in [0, 0.1) is 18.8 Å². The number of hydrogen-bond acceptors (Lipinski definition) is 8. The molecular formula is C34H40N6O5. The van der Waals surface area contributed by atoms with Gasteiger partial charge >= 0.3 is 5.97 Å². The molecule has 7 rings (SSSR count). The van der Waals surface area contributed by atoms with Gasteiger partial charge in [0.25, 0.3) is 5.91 Å². The Labute approximate surface area is 262 Å². The van der Waals surface area contributed by atoms with E-state index in [-0.39, 0.29) is 35.3 Å². The van der Waals surface area contributed by atoms with Gasteiger partial charge in [0.1, 0.15) is 6.26 Å². The summed E-state index contributed by atoms with van der Waals surface area (Å²) in [6, 6.07) is 12.5. The molecule has 3 N–H and O–H groups in total. The summed E-state index contributed by atoms with van der Waals surface area (Å²) in [7, 11) is 0. The summed E-state index contributed by atoms with van der Waals surface area (Å²) in [5, 5.41) is 9.10. The number of benzene rings is 2. The molecule has 2 aromatic carbocycles. The number of anilines is 3. The number of hydrogen-bond donors (Lipinski definition) is 2. The number of amides is 2. The number of fused-ring (bicyclic) bond motifs is 1. The van der Waals surface area contributed by atoms with Crippen LogP contribution < -0.4 is 15.5 Å². The zero-order valence-electron chi connectivity index (χ0n) is 25.7. The van der Waals surface area contributed by atoms with Crippen molar-refractivity contribution in [3.63, 3.8) is 0 Å². The van der Waals surface area contributed by atoms with Crippen molar-refractivity contribution >= 4 is 34.8 Å². The summed E-state index contributed by atoms with van der Waals surface area (Å²) < 4.78 is 5.39. The first-order valence-electron chi connectivity index (χ1n) is 16.0. The molecule has 2 saturated heterocycles. The predicted molar refractivity (Wildman–Crippen MR) is 170 cm³/mol. The van der Waals surface area contributed by atoms with Crippen LogP contribution in [-0.2, 0) is 11.2 Å². The number of carboxylic acids is 1. The molecule has 4 aliphatic rings. The van der Waals surface area contributed by atoms with Crippen molar-refractivity contribution in [3.8, 4) is 0 Å². The molecule has 11 heteroatoms. The summed E-state index contributed by atoms with van der Waals surface area (Å²) in [5.74, 6) is 0.0903. The third kappa shape index (κ3) is 5.71. The van der Waals surface area contributed by atoms with Gasteiger partial charge in [0.2, 0.25) is 5.91 Å². The smallest absolute Gasteiger partial charge is 0.357 e. The van der Waals surface area contributed by atoms with Crippen LogP contribution in [0.1, 0.15) is 63.0 Å². The van der Waals surface area contributed by atoms with Crippen LogP contribution in [-0.4, -0.2) is 90.0 Å². The number of nitrogens with zero attached hydrogens (tertiary/aromatic N) is 5. The van der Waals surface area contributed by atoms with Gasteiger partial charge in [0, 0.05) is 75.9 Å². The molecule has 0 radical (unpaired) electrons. The Morgan fingerprint density at radius 3 is 2.49 bits per heavy atom. The van der Waals surface area contributed by atoms with Crippen LogP contribution in [0.5, 0.6) is 0 Å². The molecule has 0 bridgehead atoms. The molecule has 4 heterocycles. The largest absolute Gasteiger partial charge is 0.476 e. The van der Waals surface area contributed by atoms with Crippen molar-refractivity contribution < 1.29 is 23.9 Å². The standard InChI is InChI=1S/C34H40N6O5/c1-21-5-2-3-6-29(21)37-11-13-38(14-12-37)30-15-22-7-10-39(33(42)25(22)18-27(30)35)8-4-9-40-19-23(16-31(40)41)24-17-26(24)32-36-28(20-45-32)34(43)44/h2-3,5-6,15,18,20,23-24,26H,4,7-14,16-17,19,35H2,1H3,(H,43,44). The fourth-order valence-corrected chi connectivity index (χ4v) is 7.51. The van der Waals surface area contributed by atoms with Crippen LogP contribution in [0.2, 0.25) is 0 Å². The molecule has 1 saturated carbocycles. The number of likely N-dealkylation sites (tertiary alicyclic amines) is 1. The quantitative estimate of drug-likeness (QED) is 0.347. The second-order valence-corrected chi connectivity index (χ2v) is 12.9. The molecule has 11 nitrogen and oxygen atoms in total. The van der Waals surface area contributed by atoms with E-state index in [2.05, 4.69) is 52.0 Å². The molecule has 3 aromatic rings. The van der Waals surface area contributed by atoms with E-state index in [1.807, 2.05) is 15.9 Å². The van der Waals surface area contributed by atoms with Gasteiger partial charge in [-0.05, 0) is 67.3 Å². The lowest BCUT2D eigenvalue weighted by Crippen LogP contribution is -2.47. The third-order valence-corrected chi connectivity index (χ3v) is 10.1. The Bertz CT molecular complexity index is 1630. The zero-order valence-corrected chi connectivity index (χ0v) is 25.7. The predicted octanol–water partition coefficient (Wildman–Crippen LogP) is 3.63. The van der Waals surface area contributed by atoms with E-state index in [0.717, 1.165) is 50.3 Å². The minimum absolute atomic E-state index is 0.0111. The Morgan fingerprint density at radius 1 is 1.02 bits per heavy atom. The molecule has 3 aliphatic heterocycles. The summed E-state index contributed by atoms with van der Waals surface area (Å²) >= 11 is 0. The maximum absolute atomic E-state index is 13.5. The summed E-state index contributed by atoms with van der Waals surface area (Å²) in [6.07, 6.45) is 4.04. The number of nitrogens with two attached hydrogens (primary N) is 1. The molecule has 45 heavy (non-hydrogen) atoms. The highest BCUT2D eigenvalue weighted by molar-refractivity contribution is 5.99. The molecule has 3 atom stereocenters. The van der Waals surface area contributed by atoms with Crippen LogP contribution in [0.15, 0.2) is 47.1 Å². The number of para-hydroxylation sites is 1. The van der Waals surface area contributed by atoms with Gasteiger partial charge in [-0.1, -0.05) is 18.2 Å². The number of aryl methyl sites for hydroxylation is 1. The first-order valence-corrected chi connectivity index (χ1v) is 16.0. The third-order valence-electron chi connectivity index (χ3n) is 10.1. The SMILES string of the molecule is Cc1ccccc1N1CCN(c2cc3c(cc2N)C(=O)N(CCCN2CC(C4CC4c4nc(C(=O)O)co4)CC2=O)CC3)CC1. The zero-order chi connectivity index (χ0) is 31.2. The van der Waals surface area contributed by atoms with Gasteiger partial charge in [0.15, 0.2) is 11.6 Å². The van der Waals surface area contributed by atoms with Gasteiger partial charge in [-0.2, -0.15) is 0 Å². The number of carbonyl (C=O) groups excluding carboxylic acids is 2. The number of rotatable bonds is 9. The molecule has 3 unspecified atom stereocenters. The van der Waals surface area contributed by atoms with Gasteiger partial charge in [-0.25, -0.2) is 9.78 Å². The molecule has 1 aliphatic carbocycles. The molecule has 2 amide bonds. The molecule has 1 aromatic heterocycles. The second kappa shape index (κ2) is 11.8. The van der Waals surface area contributed by atoms with Gasteiger partial charge in [-0.15, -0.1) is 0 Å². The number of carbonyl (C=O) groups is 3. The van der Waals surface area contributed by atoms with E-state index in [1.54, 1.807) is 0 Å². The summed E-state index contributed by atoms with van der Waals surface area (Å²) in [6.45, 7) is 8.29. The summed E-state index contributed by atoms with van der Waals surface area (Å²) in [5.41, 5.74) is 12.4. The molecular weight excluding hydrogens is 572 g/mol. The highest BCUT2D eigenvalue weighted by atomic mass is 16.4.